The molecule has 2 N–H and O–H groups in total. The molecule has 0 spiro atoms. The molecule has 0 saturated carbocycles. The lowest BCUT2D eigenvalue weighted by Gasteiger charge is -2.22. The maximum Gasteiger partial charge on any atom is 0.252 e. The minimum Gasteiger partial charge on any atom is -0.352 e. The van der Waals surface area contributed by atoms with Crippen LogP contribution in [0.15, 0.2) is 12.3 Å². The molecule has 2 unspecified atom stereocenters. The van der Waals surface area contributed by atoms with E-state index in [0.29, 0.717) is 18.0 Å². The monoisotopic (exact) mass is 415 g/mol. The summed E-state index contributed by atoms with van der Waals surface area (Å²) >= 11 is 0. The summed E-state index contributed by atoms with van der Waals surface area (Å²) < 4.78 is 1.92. The van der Waals surface area contributed by atoms with E-state index in [1.165, 1.54) is 12.8 Å². The van der Waals surface area contributed by atoms with E-state index < -0.39 is 0 Å². The molecule has 0 aromatic carbocycles. The molecule has 152 valence electrons. The summed E-state index contributed by atoms with van der Waals surface area (Å²) in [5.41, 5.74) is 2.33. The molecule has 27 heavy (non-hydrogen) atoms. The Labute approximate surface area is 173 Å². The second-order valence-corrected chi connectivity index (χ2v) is 7.15. The number of hydrogen-bond acceptors (Lipinski definition) is 4. The van der Waals surface area contributed by atoms with E-state index in [0.717, 1.165) is 42.7 Å². The number of aromatic nitrogens is 3. The number of hydrogen-bond donors (Lipinski definition) is 2. The number of rotatable bonds is 6. The van der Waals surface area contributed by atoms with Gasteiger partial charge in [0.25, 0.3) is 5.91 Å². The fourth-order valence-electron chi connectivity index (χ4n) is 3.48. The standard InChI is InChI=1S/C19H29N5O.2ClH/c1-4-14(3)24-18-17(12-22-24)16(10-13(2)23-18)19(25)21-9-7-15-6-5-8-20-11-15;;/h10,12,14-15,20H,4-9,11H2,1-3H3,(H,21,25);2*1H. The van der Waals surface area contributed by atoms with Gasteiger partial charge in [0.2, 0.25) is 0 Å². The van der Waals surface area contributed by atoms with Crippen molar-refractivity contribution in [1.82, 2.24) is 25.4 Å². The molecule has 2 atom stereocenters. The van der Waals surface area contributed by atoms with Crippen LogP contribution in [-0.4, -0.2) is 40.3 Å². The highest BCUT2D eigenvalue weighted by Crippen LogP contribution is 2.22. The van der Waals surface area contributed by atoms with E-state index in [1.54, 1.807) is 6.20 Å². The molecule has 1 fully saturated rings. The number of fused-ring (bicyclic) bond motifs is 1. The van der Waals surface area contributed by atoms with Crippen LogP contribution in [0.25, 0.3) is 11.0 Å². The number of aryl methyl sites for hydroxylation is 1. The fourth-order valence-corrected chi connectivity index (χ4v) is 3.48. The number of nitrogens with zero attached hydrogens (tertiary/aromatic N) is 3. The quantitative estimate of drug-likeness (QED) is 0.754. The van der Waals surface area contributed by atoms with Gasteiger partial charge in [-0.25, -0.2) is 9.67 Å². The maximum absolute atomic E-state index is 12.7. The number of halogens is 2. The zero-order valence-corrected chi connectivity index (χ0v) is 18.0. The molecule has 3 heterocycles. The number of piperidine rings is 1. The molecule has 1 aliphatic heterocycles. The summed E-state index contributed by atoms with van der Waals surface area (Å²) in [5.74, 6) is 0.643. The predicted octanol–water partition coefficient (Wildman–Crippen LogP) is 3.67. The van der Waals surface area contributed by atoms with Crippen LogP contribution in [0.3, 0.4) is 0 Å². The van der Waals surface area contributed by atoms with E-state index >= 15 is 0 Å². The molecule has 0 aliphatic carbocycles. The molecule has 3 rings (SSSR count). The molecule has 2 aromatic rings. The molecule has 0 bridgehead atoms. The first-order valence-electron chi connectivity index (χ1n) is 9.44. The summed E-state index contributed by atoms with van der Waals surface area (Å²) in [6.45, 7) is 9.08. The van der Waals surface area contributed by atoms with Gasteiger partial charge in [0.1, 0.15) is 0 Å². The van der Waals surface area contributed by atoms with Crippen LogP contribution in [0, 0.1) is 12.8 Å². The van der Waals surface area contributed by atoms with Crippen LogP contribution in [0.5, 0.6) is 0 Å². The first-order valence-corrected chi connectivity index (χ1v) is 9.44. The molecule has 1 saturated heterocycles. The molecule has 6 nitrogen and oxygen atoms in total. The predicted molar refractivity (Wildman–Crippen MR) is 114 cm³/mol. The number of nitrogens with one attached hydrogen (secondary N) is 2. The zero-order chi connectivity index (χ0) is 17.8. The van der Waals surface area contributed by atoms with Gasteiger partial charge in [0, 0.05) is 12.2 Å². The van der Waals surface area contributed by atoms with Gasteiger partial charge < -0.3 is 10.6 Å². The SMILES string of the molecule is CCC(C)n1ncc2c(C(=O)NCCC3CCCNC3)cc(C)nc21.Cl.Cl. The summed E-state index contributed by atoms with van der Waals surface area (Å²) in [4.78, 5) is 17.3. The van der Waals surface area contributed by atoms with Crippen LogP contribution in [0.2, 0.25) is 0 Å². The molecule has 2 aromatic heterocycles. The molecule has 0 radical (unpaired) electrons. The lowest BCUT2D eigenvalue weighted by molar-refractivity contribution is 0.0952. The highest BCUT2D eigenvalue weighted by Gasteiger charge is 2.18. The van der Waals surface area contributed by atoms with Gasteiger partial charge in [0.15, 0.2) is 5.65 Å². The van der Waals surface area contributed by atoms with Crippen molar-refractivity contribution in [2.45, 2.75) is 52.5 Å². The van der Waals surface area contributed by atoms with Crippen molar-refractivity contribution in [3.05, 3.63) is 23.5 Å². The highest BCUT2D eigenvalue weighted by molar-refractivity contribution is 6.05. The van der Waals surface area contributed by atoms with Gasteiger partial charge in [-0.15, -0.1) is 24.8 Å². The second kappa shape index (κ2) is 10.8. The van der Waals surface area contributed by atoms with Gasteiger partial charge in [-0.05, 0) is 64.6 Å². The van der Waals surface area contributed by atoms with Crippen LogP contribution < -0.4 is 10.6 Å². The Bertz CT molecular complexity index is 743. The van der Waals surface area contributed by atoms with E-state index in [2.05, 4.69) is 34.6 Å². The maximum atomic E-state index is 12.7. The van der Waals surface area contributed by atoms with Crippen molar-refractivity contribution < 1.29 is 4.79 Å². The Kier molecular flexibility index (Phi) is 9.50. The zero-order valence-electron chi connectivity index (χ0n) is 16.3. The van der Waals surface area contributed by atoms with E-state index in [1.807, 2.05) is 17.7 Å². The highest BCUT2D eigenvalue weighted by atomic mass is 35.5. The molecule has 1 aliphatic rings. The van der Waals surface area contributed by atoms with E-state index in [4.69, 9.17) is 0 Å². The van der Waals surface area contributed by atoms with Gasteiger partial charge in [0.05, 0.1) is 23.2 Å². The van der Waals surface area contributed by atoms with Gasteiger partial charge in [-0.2, -0.15) is 5.10 Å². The third-order valence-electron chi connectivity index (χ3n) is 5.18. The average Bonchev–Trinajstić information content (AvgIpc) is 3.04. The largest absolute Gasteiger partial charge is 0.352 e. The summed E-state index contributed by atoms with van der Waals surface area (Å²) in [7, 11) is 0. The molecular formula is C19H31Cl2N5O. The number of carbonyl (C=O) groups excluding carboxylic acids is 1. The van der Waals surface area contributed by atoms with Crippen molar-refractivity contribution in [3.8, 4) is 0 Å². The molecular weight excluding hydrogens is 385 g/mol. The number of pyridine rings is 1. The fraction of sp³-hybridized carbons (Fsp3) is 0.632. The van der Waals surface area contributed by atoms with Crippen molar-refractivity contribution in [2.24, 2.45) is 5.92 Å². The van der Waals surface area contributed by atoms with Crippen molar-refractivity contribution in [2.75, 3.05) is 19.6 Å². The van der Waals surface area contributed by atoms with Crippen molar-refractivity contribution >= 4 is 41.8 Å². The Balaban J connectivity index is 0.00000182. The third kappa shape index (κ3) is 5.56. The third-order valence-corrected chi connectivity index (χ3v) is 5.18. The van der Waals surface area contributed by atoms with E-state index in [-0.39, 0.29) is 36.8 Å². The summed E-state index contributed by atoms with van der Waals surface area (Å²) in [5, 5.41) is 11.8. The van der Waals surface area contributed by atoms with Gasteiger partial charge in [-0.3, -0.25) is 4.79 Å². The Morgan fingerprint density at radius 1 is 1.44 bits per heavy atom. The lowest BCUT2D eigenvalue weighted by Crippen LogP contribution is -2.33. The van der Waals surface area contributed by atoms with E-state index in [9.17, 15) is 4.79 Å². The minimum absolute atomic E-state index is 0. The topological polar surface area (TPSA) is 71.8 Å². The molecule has 1 amide bonds. The van der Waals surface area contributed by atoms with Gasteiger partial charge >= 0.3 is 0 Å². The Hall–Kier alpha value is -1.37. The first kappa shape index (κ1) is 23.7. The van der Waals surface area contributed by atoms with Crippen molar-refractivity contribution in [1.29, 1.82) is 0 Å². The number of amides is 1. The Morgan fingerprint density at radius 2 is 2.22 bits per heavy atom. The van der Waals surface area contributed by atoms with Gasteiger partial charge in [-0.1, -0.05) is 6.92 Å². The minimum atomic E-state index is -0.0250. The average molecular weight is 416 g/mol. The van der Waals surface area contributed by atoms with Crippen LogP contribution >= 0.6 is 24.8 Å². The smallest absolute Gasteiger partial charge is 0.252 e. The summed E-state index contributed by atoms with van der Waals surface area (Å²) in [6.07, 6.45) is 6.26. The van der Waals surface area contributed by atoms with Crippen LogP contribution in [0.4, 0.5) is 0 Å². The summed E-state index contributed by atoms with van der Waals surface area (Å²) in [6, 6.07) is 2.13. The second-order valence-electron chi connectivity index (χ2n) is 7.15. The molecule has 8 heteroatoms. The lowest BCUT2D eigenvalue weighted by atomic mass is 9.96. The first-order chi connectivity index (χ1) is 12.1. The normalized spacial score (nSPS) is 17.7. The van der Waals surface area contributed by atoms with Crippen molar-refractivity contribution in [3.63, 3.8) is 0 Å². The van der Waals surface area contributed by atoms with Crippen LogP contribution in [0.1, 0.15) is 61.6 Å². The number of carbonyl (C=O) groups is 1. The van der Waals surface area contributed by atoms with Crippen LogP contribution in [-0.2, 0) is 0 Å². The Morgan fingerprint density at radius 3 is 2.89 bits per heavy atom.